The number of methoxy groups -OCH3 is 1. The molecule has 0 fully saturated rings. The molecule has 0 aromatic heterocycles. The van der Waals surface area contributed by atoms with Gasteiger partial charge in [-0.1, -0.05) is 58.8 Å². The van der Waals surface area contributed by atoms with E-state index in [1.165, 1.54) is 39.2 Å². The second-order valence-corrected chi connectivity index (χ2v) is 5.53. The molecule has 0 unspecified atom stereocenters. The molecule has 0 saturated heterocycles. The quantitative estimate of drug-likeness (QED) is 0.454. The SMILES string of the molecule is COC(=O)C[C@H](O)CCCCCCCCC(C)C. The fourth-order valence-electron chi connectivity index (χ4n) is 2.02. The van der Waals surface area contributed by atoms with Crippen LogP contribution in [0.15, 0.2) is 0 Å². The zero-order valence-corrected chi connectivity index (χ0v) is 12.3. The van der Waals surface area contributed by atoms with Crippen molar-refractivity contribution in [3.8, 4) is 0 Å². The lowest BCUT2D eigenvalue weighted by Gasteiger charge is -2.08. The van der Waals surface area contributed by atoms with E-state index in [1.54, 1.807) is 0 Å². The molecule has 0 aromatic carbocycles. The molecule has 0 aliphatic heterocycles. The van der Waals surface area contributed by atoms with Crippen molar-refractivity contribution in [2.45, 2.75) is 77.7 Å². The lowest BCUT2D eigenvalue weighted by Crippen LogP contribution is -2.14. The number of rotatable bonds is 11. The van der Waals surface area contributed by atoms with E-state index in [4.69, 9.17) is 0 Å². The molecule has 0 radical (unpaired) electrons. The van der Waals surface area contributed by atoms with Gasteiger partial charge in [0, 0.05) is 0 Å². The van der Waals surface area contributed by atoms with Crippen molar-refractivity contribution in [2.24, 2.45) is 5.92 Å². The third-order valence-electron chi connectivity index (χ3n) is 3.20. The van der Waals surface area contributed by atoms with E-state index in [2.05, 4.69) is 18.6 Å². The standard InChI is InChI=1S/C15H30O3/c1-13(2)10-8-6-4-5-7-9-11-14(16)12-15(17)18-3/h13-14,16H,4-12H2,1-3H3/t14-/m1/s1. The summed E-state index contributed by atoms with van der Waals surface area (Å²) >= 11 is 0. The second kappa shape index (κ2) is 11.5. The van der Waals surface area contributed by atoms with Gasteiger partial charge < -0.3 is 9.84 Å². The minimum Gasteiger partial charge on any atom is -0.469 e. The minimum atomic E-state index is -0.529. The second-order valence-electron chi connectivity index (χ2n) is 5.53. The summed E-state index contributed by atoms with van der Waals surface area (Å²) in [7, 11) is 1.35. The first-order chi connectivity index (χ1) is 8.56. The van der Waals surface area contributed by atoms with Crippen LogP contribution in [0.4, 0.5) is 0 Å². The number of aliphatic hydroxyl groups excluding tert-OH is 1. The van der Waals surface area contributed by atoms with E-state index >= 15 is 0 Å². The van der Waals surface area contributed by atoms with Crippen molar-refractivity contribution in [2.75, 3.05) is 7.11 Å². The molecule has 0 aromatic rings. The molecule has 3 nitrogen and oxygen atoms in total. The van der Waals surface area contributed by atoms with Gasteiger partial charge in [0.15, 0.2) is 0 Å². The van der Waals surface area contributed by atoms with Gasteiger partial charge in [0.05, 0.1) is 19.6 Å². The summed E-state index contributed by atoms with van der Waals surface area (Å²) in [5.74, 6) is 0.495. The van der Waals surface area contributed by atoms with Crippen molar-refractivity contribution in [1.82, 2.24) is 0 Å². The van der Waals surface area contributed by atoms with E-state index in [9.17, 15) is 9.90 Å². The molecular formula is C15H30O3. The van der Waals surface area contributed by atoms with E-state index < -0.39 is 6.10 Å². The average molecular weight is 258 g/mol. The molecule has 1 atom stereocenters. The van der Waals surface area contributed by atoms with Crippen LogP contribution in [0, 0.1) is 5.92 Å². The van der Waals surface area contributed by atoms with Gasteiger partial charge in [-0.3, -0.25) is 4.79 Å². The fourth-order valence-corrected chi connectivity index (χ4v) is 2.02. The molecule has 108 valence electrons. The summed E-state index contributed by atoms with van der Waals surface area (Å²) in [6.07, 6.45) is 8.99. The minimum absolute atomic E-state index is 0.130. The molecule has 0 aliphatic carbocycles. The maximum Gasteiger partial charge on any atom is 0.308 e. The molecule has 1 N–H and O–H groups in total. The smallest absolute Gasteiger partial charge is 0.308 e. The van der Waals surface area contributed by atoms with Crippen LogP contribution in [0.2, 0.25) is 0 Å². The molecule has 0 spiro atoms. The van der Waals surface area contributed by atoms with Crippen molar-refractivity contribution in [3.05, 3.63) is 0 Å². The highest BCUT2D eigenvalue weighted by atomic mass is 16.5. The molecular weight excluding hydrogens is 228 g/mol. The largest absolute Gasteiger partial charge is 0.469 e. The Morgan fingerprint density at radius 1 is 1.00 bits per heavy atom. The number of carbonyl (C=O) groups is 1. The van der Waals surface area contributed by atoms with Gasteiger partial charge in [-0.15, -0.1) is 0 Å². The summed E-state index contributed by atoms with van der Waals surface area (Å²) < 4.78 is 4.51. The van der Waals surface area contributed by atoms with Crippen molar-refractivity contribution < 1.29 is 14.6 Å². The van der Waals surface area contributed by atoms with Crippen LogP contribution in [0.5, 0.6) is 0 Å². The Morgan fingerprint density at radius 2 is 1.50 bits per heavy atom. The number of carbonyl (C=O) groups excluding carboxylic acids is 1. The highest BCUT2D eigenvalue weighted by molar-refractivity contribution is 5.69. The Balaban J connectivity index is 3.22. The Kier molecular flexibility index (Phi) is 11.2. The summed E-state index contributed by atoms with van der Waals surface area (Å²) in [5, 5.41) is 9.55. The van der Waals surface area contributed by atoms with E-state index in [1.807, 2.05) is 0 Å². The summed E-state index contributed by atoms with van der Waals surface area (Å²) in [6.45, 7) is 4.53. The van der Waals surface area contributed by atoms with Crippen LogP contribution in [-0.2, 0) is 9.53 Å². The maximum absolute atomic E-state index is 10.9. The topological polar surface area (TPSA) is 46.5 Å². The van der Waals surface area contributed by atoms with Gasteiger partial charge in [0.2, 0.25) is 0 Å². The van der Waals surface area contributed by atoms with Gasteiger partial charge >= 0.3 is 5.97 Å². The number of ether oxygens (including phenoxy) is 1. The van der Waals surface area contributed by atoms with E-state index in [0.29, 0.717) is 6.42 Å². The number of unbranched alkanes of at least 4 members (excludes halogenated alkanes) is 5. The molecule has 3 heteroatoms. The first-order valence-corrected chi connectivity index (χ1v) is 7.31. The third kappa shape index (κ3) is 11.9. The van der Waals surface area contributed by atoms with Gasteiger partial charge in [0.25, 0.3) is 0 Å². The Bertz CT molecular complexity index is 202. The molecule has 0 aliphatic rings. The van der Waals surface area contributed by atoms with Gasteiger partial charge in [-0.05, 0) is 12.3 Å². The van der Waals surface area contributed by atoms with E-state index in [0.717, 1.165) is 18.8 Å². The number of aliphatic hydroxyl groups is 1. The molecule has 0 rings (SSSR count). The lowest BCUT2D eigenvalue weighted by atomic mass is 10.0. The van der Waals surface area contributed by atoms with Gasteiger partial charge in [-0.2, -0.15) is 0 Å². The normalized spacial score (nSPS) is 12.7. The first kappa shape index (κ1) is 17.4. The average Bonchev–Trinajstić information content (AvgIpc) is 2.31. The third-order valence-corrected chi connectivity index (χ3v) is 3.20. The highest BCUT2D eigenvalue weighted by Gasteiger charge is 2.09. The number of hydrogen-bond acceptors (Lipinski definition) is 3. The van der Waals surface area contributed by atoms with Gasteiger partial charge in [-0.25, -0.2) is 0 Å². The number of hydrogen-bond donors (Lipinski definition) is 1. The molecule has 0 bridgehead atoms. The van der Waals surface area contributed by atoms with Crippen LogP contribution in [0.1, 0.15) is 71.6 Å². The fraction of sp³-hybridized carbons (Fsp3) is 0.933. The van der Waals surface area contributed by atoms with Crippen molar-refractivity contribution in [1.29, 1.82) is 0 Å². The maximum atomic E-state index is 10.9. The lowest BCUT2D eigenvalue weighted by molar-refractivity contribution is -0.142. The van der Waals surface area contributed by atoms with Crippen LogP contribution in [-0.4, -0.2) is 24.3 Å². The monoisotopic (exact) mass is 258 g/mol. The predicted octanol–water partition coefficient (Wildman–Crippen LogP) is 3.69. The van der Waals surface area contributed by atoms with Crippen LogP contribution >= 0.6 is 0 Å². The van der Waals surface area contributed by atoms with E-state index in [-0.39, 0.29) is 12.4 Å². The Hall–Kier alpha value is -0.570. The summed E-state index contributed by atoms with van der Waals surface area (Å²) in [6, 6.07) is 0. The molecule has 0 heterocycles. The summed E-state index contributed by atoms with van der Waals surface area (Å²) in [4.78, 5) is 10.9. The molecule has 0 amide bonds. The highest BCUT2D eigenvalue weighted by Crippen LogP contribution is 2.13. The Morgan fingerprint density at radius 3 is 2.00 bits per heavy atom. The van der Waals surface area contributed by atoms with Crippen molar-refractivity contribution in [3.63, 3.8) is 0 Å². The van der Waals surface area contributed by atoms with Crippen LogP contribution < -0.4 is 0 Å². The molecule has 18 heavy (non-hydrogen) atoms. The molecule has 0 saturated carbocycles. The summed E-state index contributed by atoms with van der Waals surface area (Å²) in [5.41, 5.74) is 0. The first-order valence-electron chi connectivity index (χ1n) is 7.31. The zero-order chi connectivity index (χ0) is 13.8. The van der Waals surface area contributed by atoms with Crippen molar-refractivity contribution >= 4 is 5.97 Å². The Labute approximate surface area is 112 Å². The van der Waals surface area contributed by atoms with Crippen LogP contribution in [0.3, 0.4) is 0 Å². The van der Waals surface area contributed by atoms with Gasteiger partial charge in [0.1, 0.15) is 0 Å². The predicted molar refractivity (Wildman–Crippen MR) is 74.4 cm³/mol. The number of esters is 1. The zero-order valence-electron chi connectivity index (χ0n) is 12.3. The van der Waals surface area contributed by atoms with Crippen LogP contribution in [0.25, 0.3) is 0 Å².